The Labute approximate surface area is 142 Å². The molecule has 0 N–H and O–H groups in total. The lowest BCUT2D eigenvalue weighted by Gasteiger charge is -2.25. The predicted octanol–water partition coefficient (Wildman–Crippen LogP) is 2.70. The number of likely N-dealkylation sites (tertiary alicyclic amines) is 1. The van der Waals surface area contributed by atoms with E-state index in [2.05, 4.69) is 33.9 Å². The first-order valence-electron chi connectivity index (χ1n) is 8.37. The minimum absolute atomic E-state index is 0.195. The molecule has 1 aliphatic rings. The summed E-state index contributed by atoms with van der Waals surface area (Å²) in [5.41, 5.74) is 0.734. The van der Waals surface area contributed by atoms with Gasteiger partial charge in [-0.25, -0.2) is 4.98 Å². The van der Waals surface area contributed by atoms with Crippen LogP contribution in [0.1, 0.15) is 38.6 Å². The van der Waals surface area contributed by atoms with Crippen molar-refractivity contribution in [3.63, 3.8) is 0 Å². The smallest absolute Gasteiger partial charge is 0.244 e. The van der Waals surface area contributed by atoms with Gasteiger partial charge < -0.3 is 14.0 Å². The summed E-state index contributed by atoms with van der Waals surface area (Å²) >= 11 is 0. The lowest BCUT2D eigenvalue weighted by atomic mass is 10.2. The number of hydrogen-bond acceptors (Lipinski definition) is 7. The molecule has 1 unspecified atom stereocenters. The Kier molecular flexibility index (Phi) is 5.42. The summed E-state index contributed by atoms with van der Waals surface area (Å²) in [4.78, 5) is 11.3. The molecule has 3 heterocycles. The summed E-state index contributed by atoms with van der Waals surface area (Å²) in [5.74, 6) is 1.68. The number of hydrogen-bond donors (Lipinski definition) is 0. The van der Waals surface area contributed by atoms with Crippen LogP contribution in [0.25, 0.3) is 11.4 Å². The van der Waals surface area contributed by atoms with Gasteiger partial charge >= 0.3 is 0 Å². The van der Waals surface area contributed by atoms with Crippen LogP contribution in [0.4, 0.5) is 0 Å². The third-order valence-electron chi connectivity index (χ3n) is 4.22. The Balaban J connectivity index is 1.81. The highest BCUT2D eigenvalue weighted by atomic mass is 16.5. The van der Waals surface area contributed by atoms with Crippen molar-refractivity contribution < 1.29 is 14.0 Å². The first kappa shape index (κ1) is 16.9. The highest BCUT2D eigenvalue weighted by Crippen LogP contribution is 2.34. The molecule has 130 valence electrons. The van der Waals surface area contributed by atoms with Crippen molar-refractivity contribution in [2.75, 3.05) is 26.9 Å². The first-order chi connectivity index (χ1) is 11.7. The molecule has 0 aromatic carbocycles. The fourth-order valence-electron chi connectivity index (χ4n) is 3.05. The van der Waals surface area contributed by atoms with Crippen molar-refractivity contribution in [2.24, 2.45) is 0 Å². The zero-order chi connectivity index (χ0) is 16.9. The van der Waals surface area contributed by atoms with Crippen LogP contribution in [0.2, 0.25) is 0 Å². The summed E-state index contributed by atoms with van der Waals surface area (Å²) < 4.78 is 16.2. The number of ether oxygens (including phenoxy) is 2. The van der Waals surface area contributed by atoms with Gasteiger partial charge in [0, 0.05) is 19.3 Å². The molecule has 0 aliphatic carbocycles. The lowest BCUT2D eigenvalue weighted by molar-refractivity contribution is 0.144. The van der Waals surface area contributed by atoms with E-state index < -0.39 is 0 Å². The Bertz CT molecular complexity index is 659. The normalized spacial score (nSPS) is 18.4. The maximum absolute atomic E-state index is 5.66. The quantitative estimate of drug-likeness (QED) is 0.722. The van der Waals surface area contributed by atoms with Gasteiger partial charge in [0.25, 0.3) is 0 Å². The Morgan fingerprint density at radius 1 is 1.38 bits per heavy atom. The molecule has 7 heteroatoms. The van der Waals surface area contributed by atoms with Crippen LogP contribution in [0.5, 0.6) is 5.88 Å². The van der Waals surface area contributed by atoms with Gasteiger partial charge in [0.05, 0.1) is 18.2 Å². The highest BCUT2D eigenvalue weighted by molar-refractivity contribution is 5.60. The molecule has 1 saturated heterocycles. The standard InChI is InChI=1S/C17H24N4O3/c1-12(2)21-9-5-7-14(21)17-19-15(20-24-17)13-6-4-8-18-16(13)23-11-10-22-3/h4,6,8,12,14H,5,7,9-11H2,1-3H3. The summed E-state index contributed by atoms with van der Waals surface area (Å²) in [7, 11) is 1.64. The average Bonchev–Trinajstić information content (AvgIpc) is 3.24. The molecule has 3 rings (SSSR count). The summed E-state index contributed by atoms with van der Waals surface area (Å²) in [6.07, 6.45) is 3.88. The second-order valence-electron chi connectivity index (χ2n) is 6.14. The number of nitrogens with zero attached hydrogens (tertiary/aromatic N) is 4. The van der Waals surface area contributed by atoms with E-state index in [0.717, 1.165) is 24.9 Å². The summed E-state index contributed by atoms with van der Waals surface area (Å²) in [6.45, 7) is 6.38. The third-order valence-corrected chi connectivity index (χ3v) is 4.22. The summed E-state index contributed by atoms with van der Waals surface area (Å²) in [5, 5.41) is 4.15. The van der Waals surface area contributed by atoms with Crippen molar-refractivity contribution in [3.05, 3.63) is 24.2 Å². The van der Waals surface area contributed by atoms with Crippen molar-refractivity contribution in [2.45, 2.75) is 38.8 Å². The third kappa shape index (κ3) is 3.57. The molecule has 1 aliphatic heterocycles. The maximum atomic E-state index is 5.66. The average molecular weight is 332 g/mol. The molecule has 0 saturated carbocycles. The van der Waals surface area contributed by atoms with Crippen LogP contribution in [0.15, 0.2) is 22.9 Å². The van der Waals surface area contributed by atoms with E-state index in [0.29, 0.717) is 36.9 Å². The van der Waals surface area contributed by atoms with Gasteiger partial charge in [0.2, 0.25) is 17.6 Å². The van der Waals surface area contributed by atoms with Crippen molar-refractivity contribution in [1.29, 1.82) is 0 Å². The van der Waals surface area contributed by atoms with Gasteiger partial charge in [-0.15, -0.1) is 0 Å². The zero-order valence-corrected chi connectivity index (χ0v) is 14.4. The monoisotopic (exact) mass is 332 g/mol. The van der Waals surface area contributed by atoms with Crippen LogP contribution in [-0.4, -0.2) is 52.9 Å². The number of aromatic nitrogens is 3. The predicted molar refractivity (Wildman–Crippen MR) is 88.7 cm³/mol. The Morgan fingerprint density at radius 3 is 3.04 bits per heavy atom. The van der Waals surface area contributed by atoms with E-state index in [1.807, 2.05) is 12.1 Å². The van der Waals surface area contributed by atoms with Gasteiger partial charge in [0.15, 0.2) is 0 Å². The molecule has 1 fully saturated rings. The van der Waals surface area contributed by atoms with Crippen molar-refractivity contribution in [1.82, 2.24) is 20.0 Å². The van der Waals surface area contributed by atoms with Gasteiger partial charge in [0.1, 0.15) is 6.61 Å². The highest BCUT2D eigenvalue weighted by Gasteiger charge is 2.32. The van der Waals surface area contributed by atoms with Crippen molar-refractivity contribution >= 4 is 0 Å². The van der Waals surface area contributed by atoms with Crippen LogP contribution < -0.4 is 4.74 Å². The van der Waals surface area contributed by atoms with Crippen LogP contribution in [0.3, 0.4) is 0 Å². The number of rotatable bonds is 7. The SMILES string of the molecule is COCCOc1ncccc1-c1noc(C2CCCN2C(C)C)n1. The van der Waals surface area contributed by atoms with E-state index in [1.165, 1.54) is 0 Å². The topological polar surface area (TPSA) is 73.5 Å². The Hall–Kier alpha value is -1.99. The molecule has 2 aromatic rings. The molecular formula is C17H24N4O3. The fourth-order valence-corrected chi connectivity index (χ4v) is 3.05. The van der Waals surface area contributed by atoms with Crippen LogP contribution in [-0.2, 0) is 4.74 Å². The molecule has 2 aromatic heterocycles. The molecule has 0 amide bonds. The van der Waals surface area contributed by atoms with Crippen molar-refractivity contribution in [3.8, 4) is 17.3 Å². The molecule has 1 atom stereocenters. The van der Waals surface area contributed by atoms with E-state index in [9.17, 15) is 0 Å². The molecule has 0 bridgehead atoms. The summed E-state index contributed by atoms with van der Waals surface area (Å²) in [6, 6.07) is 4.38. The Morgan fingerprint density at radius 2 is 2.25 bits per heavy atom. The van der Waals surface area contributed by atoms with Crippen LogP contribution >= 0.6 is 0 Å². The maximum Gasteiger partial charge on any atom is 0.244 e. The van der Waals surface area contributed by atoms with Crippen LogP contribution in [0, 0.1) is 0 Å². The number of methoxy groups -OCH3 is 1. The van der Waals surface area contributed by atoms with Gasteiger partial charge in [-0.2, -0.15) is 4.98 Å². The largest absolute Gasteiger partial charge is 0.475 e. The van der Waals surface area contributed by atoms with Gasteiger partial charge in [-0.1, -0.05) is 5.16 Å². The van der Waals surface area contributed by atoms with E-state index in [4.69, 9.17) is 14.0 Å². The zero-order valence-electron chi connectivity index (χ0n) is 14.4. The number of pyridine rings is 1. The minimum Gasteiger partial charge on any atom is -0.475 e. The fraction of sp³-hybridized carbons (Fsp3) is 0.588. The molecule has 0 spiro atoms. The van der Waals surface area contributed by atoms with E-state index in [1.54, 1.807) is 13.3 Å². The lowest BCUT2D eigenvalue weighted by Crippen LogP contribution is -2.30. The van der Waals surface area contributed by atoms with E-state index >= 15 is 0 Å². The van der Waals surface area contributed by atoms with Gasteiger partial charge in [-0.3, -0.25) is 4.90 Å². The second-order valence-corrected chi connectivity index (χ2v) is 6.14. The first-order valence-corrected chi connectivity index (χ1v) is 8.37. The molecule has 0 radical (unpaired) electrons. The van der Waals surface area contributed by atoms with E-state index in [-0.39, 0.29) is 6.04 Å². The molecular weight excluding hydrogens is 308 g/mol. The minimum atomic E-state index is 0.195. The molecule has 24 heavy (non-hydrogen) atoms. The molecule has 7 nitrogen and oxygen atoms in total. The second kappa shape index (κ2) is 7.72. The van der Waals surface area contributed by atoms with Gasteiger partial charge in [-0.05, 0) is 45.4 Å².